The van der Waals surface area contributed by atoms with Gasteiger partial charge in [0.1, 0.15) is 23.0 Å². The summed E-state index contributed by atoms with van der Waals surface area (Å²) in [5.74, 6) is 0.835. The SMILES string of the molecule is COc1cc(O)ccc1CC(=O)Cc1ccc(O)cc1. The normalized spacial score (nSPS) is 10.2. The molecule has 4 heteroatoms. The number of hydrogen-bond donors (Lipinski definition) is 2. The van der Waals surface area contributed by atoms with E-state index in [1.807, 2.05) is 0 Å². The first kappa shape index (κ1) is 13.9. The molecule has 0 aromatic heterocycles. The number of ketones is 1. The molecule has 2 N–H and O–H groups in total. The van der Waals surface area contributed by atoms with Crippen LogP contribution in [0.5, 0.6) is 17.2 Å². The van der Waals surface area contributed by atoms with Crippen LogP contribution in [0.15, 0.2) is 42.5 Å². The average Bonchev–Trinajstić information content (AvgIpc) is 2.43. The topological polar surface area (TPSA) is 66.8 Å². The number of benzene rings is 2. The Balaban J connectivity index is 2.06. The minimum Gasteiger partial charge on any atom is -0.508 e. The van der Waals surface area contributed by atoms with Crippen LogP contribution in [0.1, 0.15) is 11.1 Å². The quantitative estimate of drug-likeness (QED) is 0.877. The fourth-order valence-electron chi connectivity index (χ4n) is 2.00. The third-order valence-corrected chi connectivity index (χ3v) is 3.00. The predicted octanol–water partition coefficient (Wildman–Crippen LogP) is 2.46. The number of carbonyl (C=O) groups excluding carboxylic acids is 1. The Labute approximate surface area is 117 Å². The minimum absolute atomic E-state index is 0.0414. The second-order valence-electron chi connectivity index (χ2n) is 4.55. The van der Waals surface area contributed by atoms with Crippen LogP contribution in [-0.4, -0.2) is 23.1 Å². The number of Topliss-reactive ketones (excluding diaryl/α,β-unsaturated/α-hetero) is 1. The van der Waals surface area contributed by atoms with Crippen molar-refractivity contribution in [3.8, 4) is 17.2 Å². The third kappa shape index (κ3) is 3.51. The number of phenols is 2. The standard InChI is InChI=1S/C16H16O4/c1-20-16-10-14(18)7-4-12(16)9-15(19)8-11-2-5-13(17)6-3-11/h2-7,10,17-18H,8-9H2,1H3. The molecule has 2 aromatic rings. The van der Waals surface area contributed by atoms with E-state index >= 15 is 0 Å². The molecular weight excluding hydrogens is 256 g/mol. The smallest absolute Gasteiger partial charge is 0.141 e. The number of phenolic OH excluding ortho intramolecular Hbond substituents is 2. The van der Waals surface area contributed by atoms with E-state index in [0.29, 0.717) is 12.2 Å². The summed E-state index contributed by atoms with van der Waals surface area (Å²) in [7, 11) is 1.50. The Kier molecular flexibility index (Phi) is 4.25. The summed E-state index contributed by atoms with van der Waals surface area (Å²) < 4.78 is 5.15. The molecule has 0 bridgehead atoms. The lowest BCUT2D eigenvalue weighted by atomic mass is 10.0. The fourth-order valence-corrected chi connectivity index (χ4v) is 2.00. The highest BCUT2D eigenvalue weighted by molar-refractivity contribution is 5.83. The van der Waals surface area contributed by atoms with Gasteiger partial charge in [0.25, 0.3) is 0 Å². The second-order valence-corrected chi connectivity index (χ2v) is 4.55. The van der Waals surface area contributed by atoms with Crippen molar-refractivity contribution in [2.45, 2.75) is 12.8 Å². The number of aromatic hydroxyl groups is 2. The second kappa shape index (κ2) is 6.10. The molecule has 0 fully saturated rings. The molecule has 104 valence electrons. The van der Waals surface area contributed by atoms with E-state index in [-0.39, 0.29) is 23.7 Å². The molecule has 0 unspecified atom stereocenters. The van der Waals surface area contributed by atoms with E-state index in [1.165, 1.54) is 19.2 Å². The van der Waals surface area contributed by atoms with Crippen molar-refractivity contribution in [3.63, 3.8) is 0 Å². The molecule has 4 nitrogen and oxygen atoms in total. The summed E-state index contributed by atoms with van der Waals surface area (Å²) in [4.78, 5) is 12.0. The molecule has 0 radical (unpaired) electrons. The van der Waals surface area contributed by atoms with Crippen molar-refractivity contribution < 1.29 is 19.7 Å². The average molecular weight is 272 g/mol. The van der Waals surface area contributed by atoms with E-state index in [0.717, 1.165) is 11.1 Å². The van der Waals surface area contributed by atoms with Crippen LogP contribution in [0.2, 0.25) is 0 Å². The van der Waals surface area contributed by atoms with Crippen molar-refractivity contribution in [1.82, 2.24) is 0 Å². The van der Waals surface area contributed by atoms with Crippen LogP contribution >= 0.6 is 0 Å². The third-order valence-electron chi connectivity index (χ3n) is 3.00. The van der Waals surface area contributed by atoms with Crippen molar-refractivity contribution in [3.05, 3.63) is 53.6 Å². The highest BCUT2D eigenvalue weighted by Gasteiger charge is 2.10. The first-order valence-electron chi connectivity index (χ1n) is 6.24. The van der Waals surface area contributed by atoms with Crippen LogP contribution in [0.4, 0.5) is 0 Å². The van der Waals surface area contributed by atoms with Gasteiger partial charge in [0.05, 0.1) is 7.11 Å². The molecule has 0 atom stereocenters. The summed E-state index contributed by atoms with van der Waals surface area (Å²) in [5.41, 5.74) is 1.60. The summed E-state index contributed by atoms with van der Waals surface area (Å²) in [6.45, 7) is 0. The lowest BCUT2D eigenvalue weighted by Gasteiger charge is -2.08. The molecule has 0 aliphatic carbocycles. The zero-order chi connectivity index (χ0) is 14.5. The molecule has 2 aromatic carbocycles. The lowest BCUT2D eigenvalue weighted by Crippen LogP contribution is -2.07. The largest absolute Gasteiger partial charge is 0.508 e. The molecule has 0 saturated heterocycles. The molecule has 0 aliphatic heterocycles. The number of methoxy groups -OCH3 is 1. The lowest BCUT2D eigenvalue weighted by molar-refractivity contribution is -0.117. The minimum atomic E-state index is 0.0414. The molecule has 0 heterocycles. The molecule has 20 heavy (non-hydrogen) atoms. The fraction of sp³-hybridized carbons (Fsp3) is 0.188. The van der Waals surface area contributed by atoms with E-state index in [9.17, 15) is 15.0 Å². The van der Waals surface area contributed by atoms with E-state index < -0.39 is 0 Å². The Morgan fingerprint density at radius 1 is 1.00 bits per heavy atom. The van der Waals surface area contributed by atoms with Gasteiger partial charge in [-0.05, 0) is 23.8 Å². The zero-order valence-electron chi connectivity index (χ0n) is 11.2. The molecule has 2 rings (SSSR count). The Bertz CT molecular complexity index is 602. The van der Waals surface area contributed by atoms with Crippen molar-refractivity contribution >= 4 is 5.78 Å². The zero-order valence-corrected chi connectivity index (χ0v) is 11.2. The molecule has 0 amide bonds. The van der Waals surface area contributed by atoms with Gasteiger partial charge in [-0.15, -0.1) is 0 Å². The van der Waals surface area contributed by atoms with Gasteiger partial charge in [-0.25, -0.2) is 0 Å². The first-order valence-corrected chi connectivity index (χ1v) is 6.24. The highest BCUT2D eigenvalue weighted by Crippen LogP contribution is 2.24. The van der Waals surface area contributed by atoms with Gasteiger partial charge in [0, 0.05) is 24.5 Å². The van der Waals surface area contributed by atoms with Gasteiger partial charge in [-0.1, -0.05) is 18.2 Å². The van der Waals surface area contributed by atoms with Gasteiger partial charge >= 0.3 is 0 Å². The van der Waals surface area contributed by atoms with Gasteiger partial charge in [0.2, 0.25) is 0 Å². The number of ether oxygens (including phenoxy) is 1. The summed E-state index contributed by atoms with van der Waals surface area (Å²) in [6.07, 6.45) is 0.536. The summed E-state index contributed by atoms with van der Waals surface area (Å²) in [6, 6.07) is 11.3. The molecule has 0 spiro atoms. The Morgan fingerprint density at radius 3 is 2.30 bits per heavy atom. The van der Waals surface area contributed by atoms with Crippen LogP contribution in [-0.2, 0) is 17.6 Å². The summed E-state index contributed by atoms with van der Waals surface area (Å²) in [5, 5.41) is 18.6. The van der Waals surface area contributed by atoms with E-state index in [1.54, 1.807) is 30.3 Å². The van der Waals surface area contributed by atoms with E-state index in [2.05, 4.69) is 0 Å². The maximum Gasteiger partial charge on any atom is 0.141 e. The molecular formula is C16H16O4. The number of carbonyl (C=O) groups is 1. The van der Waals surface area contributed by atoms with Crippen LogP contribution in [0, 0.1) is 0 Å². The van der Waals surface area contributed by atoms with Gasteiger partial charge < -0.3 is 14.9 Å². The Morgan fingerprint density at radius 2 is 1.65 bits per heavy atom. The van der Waals surface area contributed by atoms with Gasteiger partial charge in [-0.3, -0.25) is 4.79 Å². The number of hydrogen-bond acceptors (Lipinski definition) is 4. The van der Waals surface area contributed by atoms with Crippen molar-refractivity contribution in [2.75, 3.05) is 7.11 Å². The maximum absolute atomic E-state index is 12.0. The molecule has 0 saturated carbocycles. The van der Waals surface area contributed by atoms with Crippen molar-refractivity contribution in [1.29, 1.82) is 0 Å². The molecule has 0 aliphatic rings. The summed E-state index contributed by atoms with van der Waals surface area (Å²) >= 11 is 0. The van der Waals surface area contributed by atoms with Crippen LogP contribution < -0.4 is 4.74 Å². The first-order chi connectivity index (χ1) is 9.58. The van der Waals surface area contributed by atoms with E-state index in [4.69, 9.17) is 4.74 Å². The predicted molar refractivity (Wildman–Crippen MR) is 75.2 cm³/mol. The monoisotopic (exact) mass is 272 g/mol. The number of rotatable bonds is 5. The van der Waals surface area contributed by atoms with Gasteiger partial charge in [-0.2, -0.15) is 0 Å². The van der Waals surface area contributed by atoms with Crippen molar-refractivity contribution in [2.24, 2.45) is 0 Å². The Hall–Kier alpha value is -2.49. The van der Waals surface area contributed by atoms with Gasteiger partial charge in [0.15, 0.2) is 0 Å². The van der Waals surface area contributed by atoms with Crippen LogP contribution in [0.25, 0.3) is 0 Å². The maximum atomic E-state index is 12.0. The highest BCUT2D eigenvalue weighted by atomic mass is 16.5. The van der Waals surface area contributed by atoms with Crippen LogP contribution in [0.3, 0.4) is 0 Å².